The summed E-state index contributed by atoms with van der Waals surface area (Å²) in [5, 5.41) is 7.00. The third-order valence-electron chi connectivity index (χ3n) is 4.23. The molecular weight excluding hydrogens is 354 g/mol. The Morgan fingerprint density at radius 1 is 1.04 bits per heavy atom. The molecule has 2 aromatic carbocycles. The summed E-state index contributed by atoms with van der Waals surface area (Å²) < 4.78 is 7.00. The van der Waals surface area contributed by atoms with E-state index in [1.54, 1.807) is 42.6 Å². The van der Waals surface area contributed by atoms with Crippen LogP contribution in [0.3, 0.4) is 0 Å². The topological polar surface area (TPSA) is 73.2 Å². The second kappa shape index (κ2) is 9.50. The molecule has 144 valence electrons. The van der Waals surface area contributed by atoms with Crippen molar-refractivity contribution >= 4 is 17.6 Å². The van der Waals surface area contributed by atoms with Crippen LogP contribution in [0.15, 0.2) is 67.0 Å². The first-order chi connectivity index (χ1) is 13.7. The molecular formula is C22H23N3O3. The number of carbonyl (C=O) groups is 2. The van der Waals surface area contributed by atoms with E-state index in [4.69, 9.17) is 4.74 Å². The highest BCUT2D eigenvalue weighted by atomic mass is 16.5. The van der Waals surface area contributed by atoms with E-state index in [9.17, 15) is 9.59 Å². The fourth-order valence-electron chi connectivity index (χ4n) is 2.63. The van der Waals surface area contributed by atoms with E-state index in [0.29, 0.717) is 30.0 Å². The Morgan fingerprint density at radius 3 is 2.39 bits per heavy atom. The second-order valence-electron chi connectivity index (χ2n) is 6.42. The van der Waals surface area contributed by atoms with E-state index in [0.717, 1.165) is 18.4 Å². The van der Waals surface area contributed by atoms with Crippen molar-refractivity contribution in [2.75, 3.05) is 11.9 Å². The molecule has 1 aromatic heterocycles. The van der Waals surface area contributed by atoms with E-state index < -0.39 is 0 Å². The molecule has 28 heavy (non-hydrogen) atoms. The third-order valence-corrected chi connectivity index (χ3v) is 4.23. The standard InChI is InChI=1S/C22H23N3O3/c1-2-3-15-28-22(27)19-9-11-20(12-10-19)24-21(26)18-7-5-17(6-8-18)16-25-14-4-13-23-25/h4-14H,2-3,15-16H2,1H3,(H,24,26). The Bertz CT molecular complexity index is 901. The zero-order valence-electron chi connectivity index (χ0n) is 15.8. The minimum absolute atomic E-state index is 0.205. The van der Waals surface area contributed by atoms with Gasteiger partial charge < -0.3 is 10.1 Å². The molecule has 3 rings (SSSR count). The molecule has 0 radical (unpaired) electrons. The SMILES string of the molecule is CCCCOC(=O)c1ccc(NC(=O)c2ccc(Cn3cccn3)cc2)cc1. The van der Waals surface area contributed by atoms with Crippen LogP contribution in [0.1, 0.15) is 46.0 Å². The highest BCUT2D eigenvalue weighted by Gasteiger charge is 2.09. The highest BCUT2D eigenvalue weighted by molar-refractivity contribution is 6.04. The number of benzene rings is 2. The van der Waals surface area contributed by atoms with Crippen molar-refractivity contribution in [1.82, 2.24) is 9.78 Å². The number of amides is 1. The zero-order chi connectivity index (χ0) is 19.8. The fraction of sp³-hybridized carbons (Fsp3) is 0.227. The van der Waals surface area contributed by atoms with E-state index in [1.165, 1.54) is 0 Å². The van der Waals surface area contributed by atoms with Crippen LogP contribution in [-0.4, -0.2) is 28.3 Å². The first-order valence-corrected chi connectivity index (χ1v) is 9.30. The number of aromatic nitrogens is 2. The average Bonchev–Trinajstić information content (AvgIpc) is 3.22. The predicted octanol–water partition coefficient (Wildman–Crippen LogP) is 4.14. The fourth-order valence-corrected chi connectivity index (χ4v) is 2.63. The number of hydrogen-bond donors (Lipinski definition) is 1. The number of ether oxygens (including phenoxy) is 1. The molecule has 1 amide bonds. The van der Waals surface area contributed by atoms with Gasteiger partial charge in [0.2, 0.25) is 0 Å². The summed E-state index contributed by atoms with van der Waals surface area (Å²) in [6, 6.07) is 16.0. The number of hydrogen-bond acceptors (Lipinski definition) is 4. The van der Waals surface area contributed by atoms with Crippen LogP contribution in [0.4, 0.5) is 5.69 Å². The van der Waals surface area contributed by atoms with Crippen LogP contribution in [0, 0.1) is 0 Å². The van der Waals surface area contributed by atoms with Crippen molar-refractivity contribution in [2.24, 2.45) is 0 Å². The minimum atomic E-state index is -0.348. The third kappa shape index (κ3) is 5.30. The van der Waals surface area contributed by atoms with Crippen LogP contribution in [0.5, 0.6) is 0 Å². The van der Waals surface area contributed by atoms with Gasteiger partial charge in [-0.1, -0.05) is 25.5 Å². The first kappa shape index (κ1) is 19.4. The van der Waals surface area contributed by atoms with Gasteiger partial charge >= 0.3 is 5.97 Å². The normalized spacial score (nSPS) is 10.5. The predicted molar refractivity (Wildman–Crippen MR) is 107 cm³/mol. The number of unbranched alkanes of at least 4 members (excludes halogenated alkanes) is 1. The molecule has 0 atom stereocenters. The molecule has 0 spiro atoms. The van der Waals surface area contributed by atoms with Crippen LogP contribution < -0.4 is 5.32 Å². The van der Waals surface area contributed by atoms with Gasteiger partial charge in [0.1, 0.15) is 0 Å². The van der Waals surface area contributed by atoms with Gasteiger partial charge in [-0.15, -0.1) is 0 Å². The van der Waals surface area contributed by atoms with Crippen molar-refractivity contribution in [3.8, 4) is 0 Å². The number of nitrogens with zero attached hydrogens (tertiary/aromatic N) is 2. The maximum absolute atomic E-state index is 12.4. The van der Waals surface area contributed by atoms with E-state index >= 15 is 0 Å². The lowest BCUT2D eigenvalue weighted by Crippen LogP contribution is -2.12. The minimum Gasteiger partial charge on any atom is -0.462 e. The number of anilines is 1. The molecule has 0 saturated heterocycles. The highest BCUT2D eigenvalue weighted by Crippen LogP contribution is 2.13. The summed E-state index contributed by atoms with van der Waals surface area (Å²) in [7, 11) is 0. The van der Waals surface area contributed by atoms with Gasteiger partial charge in [-0.2, -0.15) is 5.10 Å². The van der Waals surface area contributed by atoms with Gasteiger partial charge in [0.15, 0.2) is 0 Å². The van der Waals surface area contributed by atoms with Gasteiger partial charge in [-0.25, -0.2) is 4.79 Å². The summed E-state index contributed by atoms with van der Waals surface area (Å²) in [4.78, 5) is 24.3. The quantitative estimate of drug-likeness (QED) is 0.473. The molecule has 0 aliphatic heterocycles. The summed E-state index contributed by atoms with van der Waals surface area (Å²) >= 11 is 0. The number of carbonyl (C=O) groups excluding carboxylic acids is 2. The summed E-state index contributed by atoms with van der Waals surface area (Å²) in [6.45, 7) is 3.12. The molecule has 1 heterocycles. The number of esters is 1. The summed E-state index contributed by atoms with van der Waals surface area (Å²) in [6.07, 6.45) is 5.45. The van der Waals surface area contributed by atoms with E-state index in [-0.39, 0.29) is 11.9 Å². The van der Waals surface area contributed by atoms with Gasteiger partial charge in [0, 0.05) is 23.6 Å². The molecule has 0 aliphatic carbocycles. The van der Waals surface area contributed by atoms with Gasteiger partial charge in [-0.05, 0) is 54.4 Å². The van der Waals surface area contributed by atoms with Crippen molar-refractivity contribution in [3.63, 3.8) is 0 Å². The number of rotatable bonds is 8. The lowest BCUT2D eigenvalue weighted by molar-refractivity contribution is 0.0499. The molecule has 0 saturated carbocycles. The maximum Gasteiger partial charge on any atom is 0.338 e. The van der Waals surface area contributed by atoms with Gasteiger partial charge in [0.25, 0.3) is 5.91 Å². The number of nitrogens with one attached hydrogen (secondary N) is 1. The van der Waals surface area contributed by atoms with E-state index in [2.05, 4.69) is 10.4 Å². The lowest BCUT2D eigenvalue weighted by Gasteiger charge is -2.08. The van der Waals surface area contributed by atoms with Crippen LogP contribution in [0.25, 0.3) is 0 Å². The Balaban J connectivity index is 1.56. The van der Waals surface area contributed by atoms with Crippen molar-refractivity contribution in [2.45, 2.75) is 26.3 Å². The van der Waals surface area contributed by atoms with Crippen molar-refractivity contribution in [3.05, 3.63) is 83.7 Å². The van der Waals surface area contributed by atoms with Crippen molar-refractivity contribution < 1.29 is 14.3 Å². The molecule has 1 N–H and O–H groups in total. The summed E-state index contributed by atoms with van der Waals surface area (Å²) in [5.41, 5.74) is 2.71. The van der Waals surface area contributed by atoms with Gasteiger partial charge in [-0.3, -0.25) is 9.48 Å². The molecule has 0 fully saturated rings. The Labute approximate surface area is 164 Å². The molecule has 3 aromatic rings. The monoisotopic (exact) mass is 377 g/mol. The molecule has 6 heteroatoms. The van der Waals surface area contributed by atoms with Gasteiger partial charge in [0.05, 0.1) is 18.7 Å². The maximum atomic E-state index is 12.4. The molecule has 0 bridgehead atoms. The zero-order valence-corrected chi connectivity index (χ0v) is 15.8. The molecule has 6 nitrogen and oxygen atoms in total. The smallest absolute Gasteiger partial charge is 0.338 e. The Kier molecular flexibility index (Phi) is 6.57. The summed E-state index contributed by atoms with van der Waals surface area (Å²) in [5.74, 6) is -0.553. The van der Waals surface area contributed by atoms with E-state index in [1.807, 2.05) is 36.0 Å². The first-order valence-electron chi connectivity index (χ1n) is 9.30. The average molecular weight is 377 g/mol. The van der Waals surface area contributed by atoms with Crippen molar-refractivity contribution in [1.29, 1.82) is 0 Å². The Hall–Kier alpha value is -3.41. The largest absolute Gasteiger partial charge is 0.462 e. The second-order valence-corrected chi connectivity index (χ2v) is 6.42. The lowest BCUT2D eigenvalue weighted by atomic mass is 10.1. The van der Waals surface area contributed by atoms with Crippen LogP contribution in [-0.2, 0) is 11.3 Å². The molecule has 0 unspecified atom stereocenters. The van der Waals surface area contributed by atoms with Crippen LogP contribution in [0.2, 0.25) is 0 Å². The van der Waals surface area contributed by atoms with Crippen LogP contribution >= 0.6 is 0 Å². The Morgan fingerprint density at radius 2 is 1.75 bits per heavy atom. The molecule has 0 aliphatic rings.